The molecule has 172 valence electrons. The topological polar surface area (TPSA) is 3.24 Å². The zero-order valence-corrected chi connectivity index (χ0v) is 21.5. The number of benzene rings is 2. The van der Waals surface area contributed by atoms with Gasteiger partial charge in [-0.25, -0.2) is 0 Å². The Morgan fingerprint density at radius 3 is 1.81 bits per heavy atom. The molecule has 0 saturated heterocycles. The van der Waals surface area contributed by atoms with Crippen LogP contribution >= 0.6 is 24.0 Å². The molecular weight excluding hydrogens is 414 g/mol. The Hall–Kier alpha value is -1.06. The van der Waals surface area contributed by atoms with Crippen LogP contribution in [0.25, 0.3) is 10.8 Å². The number of thiocarbonyl (C=S) groups is 1. The highest BCUT2D eigenvalue weighted by Gasteiger charge is 2.13. The molecule has 2 rings (SSSR count). The predicted octanol–water partition coefficient (Wildman–Crippen LogP) is 9.78. The monoisotopic (exact) mass is 457 g/mol. The Kier molecular flexibility index (Phi) is 14.0. The molecule has 1 nitrogen and oxygen atoms in total. The molecule has 0 heterocycles. The van der Waals surface area contributed by atoms with E-state index in [2.05, 4.69) is 60.5 Å². The van der Waals surface area contributed by atoms with Crippen LogP contribution in [0.5, 0.6) is 0 Å². The zero-order chi connectivity index (χ0) is 22.2. The van der Waals surface area contributed by atoms with Gasteiger partial charge in [-0.05, 0) is 24.1 Å². The van der Waals surface area contributed by atoms with Gasteiger partial charge in [0.1, 0.15) is 4.32 Å². The summed E-state index contributed by atoms with van der Waals surface area (Å²) in [5.74, 6) is 0. The van der Waals surface area contributed by atoms with E-state index in [0.29, 0.717) is 0 Å². The maximum absolute atomic E-state index is 5.71. The van der Waals surface area contributed by atoms with Crippen molar-refractivity contribution in [2.24, 2.45) is 0 Å². The van der Waals surface area contributed by atoms with Crippen molar-refractivity contribution in [1.29, 1.82) is 0 Å². The number of unbranched alkanes of at least 4 members (excludes halogenated alkanes) is 13. The van der Waals surface area contributed by atoms with E-state index in [-0.39, 0.29) is 0 Å². The third-order valence-corrected chi connectivity index (χ3v) is 7.48. The largest absolute Gasteiger partial charge is 0.327 e. The number of hydrogen-bond acceptors (Lipinski definition) is 2. The summed E-state index contributed by atoms with van der Waals surface area (Å²) in [4.78, 5) is 2.35. The normalized spacial score (nSPS) is 11.2. The van der Waals surface area contributed by atoms with Gasteiger partial charge in [0.05, 0.1) is 5.69 Å². The second kappa shape index (κ2) is 16.6. The Balaban J connectivity index is 1.62. The van der Waals surface area contributed by atoms with Gasteiger partial charge < -0.3 is 4.90 Å². The molecular formula is C28H43NS2. The van der Waals surface area contributed by atoms with E-state index < -0.39 is 0 Å². The molecule has 31 heavy (non-hydrogen) atoms. The molecule has 0 unspecified atom stereocenters. The molecule has 3 heteroatoms. The highest BCUT2D eigenvalue weighted by Crippen LogP contribution is 2.29. The molecule has 0 aromatic heterocycles. The van der Waals surface area contributed by atoms with Crippen molar-refractivity contribution in [2.45, 2.75) is 96.8 Å². The van der Waals surface area contributed by atoms with Gasteiger partial charge in [-0.15, -0.1) is 11.8 Å². The Morgan fingerprint density at radius 2 is 1.23 bits per heavy atom. The fraction of sp³-hybridized carbons (Fsp3) is 0.607. The first kappa shape index (κ1) is 26.2. The van der Waals surface area contributed by atoms with Crippen molar-refractivity contribution >= 4 is 44.8 Å². The maximum atomic E-state index is 5.71. The molecule has 0 spiro atoms. The van der Waals surface area contributed by atoms with E-state index >= 15 is 0 Å². The summed E-state index contributed by atoms with van der Waals surface area (Å²) < 4.78 is 0.978. The molecule has 2 aromatic carbocycles. The van der Waals surface area contributed by atoms with Crippen molar-refractivity contribution in [3.8, 4) is 0 Å². The van der Waals surface area contributed by atoms with Crippen LogP contribution < -0.4 is 4.90 Å². The Labute approximate surface area is 201 Å². The second-order valence-electron chi connectivity index (χ2n) is 8.72. The minimum atomic E-state index is 0.978. The number of rotatable bonds is 16. The number of anilines is 1. The lowest BCUT2D eigenvalue weighted by atomic mass is 10.0. The summed E-state index contributed by atoms with van der Waals surface area (Å²) in [6.45, 7) is 3.31. The van der Waals surface area contributed by atoms with Crippen LogP contribution in [0.2, 0.25) is 0 Å². The molecule has 0 aliphatic heterocycles. The molecule has 0 bridgehead atoms. The smallest absolute Gasteiger partial charge is 0.140 e. The molecule has 0 radical (unpaired) electrons. The van der Waals surface area contributed by atoms with Crippen molar-refractivity contribution in [2.75, 3.05) is 17.7 Å². The van der Waals surface area contributed by atoms with Gasteiger partial charge in [-0.1, -0.05) is 139 Å². The first-order chi connectivity index (χ1) is 15.3. The third kappa shape index (κ3) is 9.95. The summed E-state index contributed by atoms with van der Waals surface area (Å²) in [6.07, 6.45) is 21.6. The van der Waals surface area contributed by atoms with Crippen LogP contribution in [-0.4, -0.2) is 17.1 Å². The number of hydrogen-bond donors (Lipinski definition) is 0. The van der Waals surface area contributed by atoms with Crippen molar-refractivity contribution < 1.29 is 0 Å². The maximum Gasteiger partial charge on any atom is 0.140 e. The van der Waals surface area contributed by atoms with E-state index in [0.717, 1.165) is 10.9 Å². The standard InChI is InChI=1S/C28H43NS2/c1-3-4-5-6-7-8-9-10-11-12-13-14-15-18-24-29(28(30)31-2)27-23-19-21-25-20-16-17-22-26(25)27/h16-17,19-23H,3-15,18,24H2,1-2H3. The summed E-state index contributed by atoms with van der Waals surface area (Å²) in [5.41, 5.74) is 1.26. The average molecular weight is 458 g/mol. The second-order valence-corrected chi connectivity index (χ2v) is 10.2. The fourth-order valence-electron chi connectivity index (χ4n) is 4.33. The average Bonchev–Trinajstić information content (AvgIpc) is 2.81. The highest BCUT2D eigenvalue weighted by atomic mass is 32.2. The molecule has 0 aliphatic carbocycles. The van der Waals surface area contributed by atoms with Crippen LogP contribution in [0, 0.1) is 0 Å². The van der Waals surface area contributed by atoms with Gasteiger partial charge in [-0.2, -0.15) is 0 Å². The van der Waals surface area contributed by atoms with E-state index in [1.165, 1.54) is 106 Å². The fourth-order valence-corrected chi connectivity index (χ4v) is 4.93. The quantitative estimate of drug-likeness (QED) is 0.182. The summed E-state index contributed by atoms with van der Waals surface area (Å²) in [6, 6.07) is 15.2. The molecule has 0 aliphatic rings. The molecule has 0 N–H and O–H groups in total. The van der Waals surface area contributed by atoms with E-state index in [4.69, 9.17) is 12.2 Å². The SMILES string of the molecule is CCCCCCCCCCCCCCCCN(C(=S)SC)c1cccc2ccccc12. The first-order valence-electron chi connectivity index (χ1n) is 12.6. The first-order valence-corrected chi connectivity index (χ1v) is 14.2. The predicted molar refractivity (Wildman–Crippen MR) is 148 cm³/mol. The third-order valence-electron chi connectivity index (χ3n) is 6.19. The lowest BCUT2D eigenvalue weighted by Crippen LogP contribution is -2.28. The molecule has 0 atom stereocenters. The minimum absolute atomic E-state index is 0.978. The van der Waals surface area contributed by atoms with E-state index in [9.17, 15) is 0 Å². The van der Waals surface area contributed by atoms with Gasteiger partial charge in [0.2, 0.25) is 0 Å². The minimum Gasteiger partial charge on any atom is -0.327 e. The van der Waals surface area contributed by atoms with Crippen LogP contribution in [0.4, 0.5) is 5.69 Å². The van der Waals surface area contributed by atoms with Crippen molar-refractivity contribution in [3.63, 3.8) is 0 Å². The zero-order valence-electron chi connectivity index (χ0n) is 19.9. The summed E-state index contributed by atoms with van der Waals surface area (Å²) in [7, 11) is 0. The highest BCUT2D eigenvalue weighted by molar-refractivity contribution is 8.22. The molecule has 0 fully saturated rings. The van der Waals surface area contributed by atoms with Gasteiger partial charge in [0.25, 0.3) is 0 Å². The van der Waals surface area contributed by atoms with Crippen molar-refractivity contribution in [3.05, 3.63) is 42.5 Å². The van der Waals surface area contributed by atoms with Crippen molar-refractivity contribution in [1.82, 2.24) is 0 Å². The Bertz CT molecular complexity index is 737. The molecule has 0 amide bonds. The summed E-state index contributed by atoms with van der Waals surface area (Å²) >= 11 is 7.39. The number of thioether (sulfide) groups is 1. The van der Waals surface area contributed by atoms with Gasteiger partial charge in [0.15, 0.2) is 0 Å². The lowest BCUT2D eigenvalue weighted by Gasteiger charge is -2.26. The Morgan fingerprint density at radius 1 is 0.710 bits per heavy atom. The van der Waals surface area contributed by atoms with E-state index in [1.54, 1.807) is 11.8 Å². The van der Waals surface area contributed by atoms with E-state index in [1.807, 2.05) is 0 Å². The van der Waals surface area contributed by atoms with Crippen LogP contribution in [0.1, 0.15) is 96.8 Å². The van der Waals surface area contributed by atoms with Gasteiger partial charge in [0, 0.05) is 11.9 Å². The molecule has 0 saturated carbocycles. The van der Waals surface area contributed by atoms with Gasteiger partial charge >= 0.3 is 0 Å². The van der Waals surface area contributed by atoms with Crippen LogP contribution in [-0.2, 0) is 0 Å². The lowest BCUT2D eigenvalue weighted by molar-refractivity contribution is 0.536. The van der Waals surface area contributed by atoms with Gasteiger partial charge in [-0.3, -0.25) is 0 Å². The van der Waals surface area contributed by atoms with Crippen LogP contribution in [0.15, 0.2) is 42.5 Å². The number of nitrogens with zero attached hydrogens (tertiary/aromatic N) is 1. The number of fused-ring (bicyclic) bond motifs is 1. The summed E-state index contributed by atoms with van der Waals surface area (Å²) in [5, 5.41) is 2.58. The van der Waals surface area contributed by atoms with Crippen LogP contribution in [0.3, 0.4) is 0 Å². The molecule has 2 aromatic rings.